The minimum atomic E-state index is -4.39. The molecule has 9 nitrogen and oxygen atoms in total. The Morgan fingerprint density at radius 3 is 1.01 bits per heavy atom. The molecule has 0 saturated carbocycles. The van der Waals surface area contributed by atoms with Gasteiger partial charge in [0.1, 0.15) is 6.61 Å². The highest BCUT2D eigenvalue weighted by molar-refractivity contribution is 7.47. The Bertz CT molecular complexity index is 1400. The molecule has 3 N–H and O–H groups in total. The van der Waals surface area contributed by atoms with Gasteiger partial charge in [-0.15, -0.1) is 0 Å². The van der Waals surface area contributed by atoms with Gasteiger partial charge in [0.2, 0.25) is 0 Å². The summed E-state index contributed by atoms with van der Waals surface area (Å²) in [4.78, 5) is 35.3. The van der Waals surface area contributed by atoms with Crippen molar-refractivity contribution in [3.05, 3.63) is 48.6 Å². The standard InChI is InChI=1S/C67H126NO8P/c1-3-5-7-9-11-13-15-17-19-21-23-25-27-29-31-32-34-36-38-40-42-44-46-48-50-52-54-56-58-60-67(70)76-65(64-75-77(71,72)74-62-61-68)63-73-66(69)59-57-55-53-51-49-47-45-43-41-39-37-35-33-30-28-26-24-22-20-18-16-14-12-10-8-6-4-2/h15,17,21-24,27,29,65H,3-14,16,18-20,25-26,28,30-64,68H2,1-2H3,(H,71,72)/b17-15-,23-21-,24-22-,29-27-. The number of carbonyl (C=O) groups is 2. The summed E-state index contributed by atoms with van der Waals surface area (Å²) >= 11 is 0. The normalized spacial score (nSPS) is 13.2. The number of ether oxygens (including phenoxy) is 2. The van der Waals surface area contributed by atoms with E-state index in [4.69, 9.17) is 24.3 Å². The third-order valence-corrected chi connectivity index (χ3v) is 15.7. The van der Waals surface area contributed by atoms with Crippen molar-refractivity contribution in [2.45, 2.75) is 341 Å². The maximum Gasteiger partial charge on any atom is 0.472 e. The number of esters is 2. The third-order valence-electron chi connectivity index (χ3n) is 14.7. The first-order valence-corrected chi connectivity index (χ1v) is 34.6. The Morgan fingerprint density at radius 2 is 0.675 bits per heavy atom. The number of rotatable bonds is 63. The Balaban J connectivity index is 3.88. The molecular weight excluding hydrogens is 978 g/mol. The zero-order valence-electron chi connectivity index (χ0n) is 50.7. The monoisotopic (exact) mass is 1100 g/mol. The van der Waals surface area contributed by atoms with Gasteiger partial charge in [0.15, 0.2) is 6.10 Å². The average Bonchev–Trinajstić information content (AvgIpc) is 3.42. The predicted octanol–water partition coefficient (Wildman–Crippen LogP) is 21.3. The molecule has 0 saturated heterocycles. The second-order valence-electron chi connectivity index (χ2n) is 22.3. The molecule has 0 aromatic heterocycles. The Morgan fingerprint density at radius 1 is 0.390 bits per heavy atom. The van der Waals surface area contributed by atoms with Gasteiger partial charge in [0.25, 0.3) is 0 Å². The number of unbranched alkanes of at least 4 members (excludes halogenated alkanes) is 42. The molecule has 0 spiro atoms. The fraction of sp³-hybridized carbons (Fsp3) is 0.851. The van der Waals surface area contributed by atoms with Crippen molar-refractivity contribution >= 4 is 19.8 Å². The van der Waals surface area contributed by atoms with Gasteiger partial charge in [-0.3, -0.25) is 18.6 Å². The van der Waals surface area contributed by atoms with E-state index in [9.17, 15) is 19.0 Å². The van der Waals surface area contributed by atoms with Gasteiger partial charge in [-0.2, -0.15) is 0 Å². The van der Waals surface area contributed by atoms with Crippen LogP contribution < -0.4 is 5.73 Å². The number of phosphoric ester groups is 1. The van der Waals surface area contributed by atoms with Crippen molar-refractivity contribution in [3.8, 4) is 0 Å². The summed E-state index contributed by atoms with van der Waals surface area (Å²) in [6.45, 7) is 3.79. The Labute approximate surface area is 477 Å². The molecule has 2 atom stereocenters. The quantitative estimate of drug-likeness (QED) is 0.0264. The second-order valence-corrected chi connectivity index (χ2v) is 23.8. The lowest BCUT2D eigenvalue weighted by molar-refractivity contribution is -0.161. The number of carbonyl (C=O) groups excluding carboxylic acids is 2. The maximum absolute atomic E-state index is 12.7. The molecule has 77 heavy (non-hydrogen) atoms. The largest absolute Gasteiger partial charge is 0.472 e. The third kappa shape index (κ3) is 63.0. The maximum atomic E-state index is 12.7. The lowest BCUT2D eigenvalue weighted by Crippen LogP contribution is -2.29. The molecule has 0 aliphatic heterocycles. The van der Waals surface area contributed by atoms with E-state index in [-0.39, 0.29) is 38.6 Å². The lowest BCUT2D eigenvalue weighted by Gasteiger charge is -2.19. The van der Waals surface area contributed by atoms with E-state index in [2.05, 4.69) is 62.5 Å². The summed E-state index contributed by atoms with van der Waals surface area (Å²) in [5, 5.41) is 0. The van der Waals surface area contributed by atoms with E-state index in [1.54, 1.807) is 0 Å². The fourth-order valence-electron chi connectivity index (χ4n) is 9.76. The van der Waals surface area contributed by atoms with E-state index >= 15 is 0 Å². The van der Waals surface area contributed by atoms with E-state index < -0.39 is 26.5 Å². The molecule has 0 fully saturated rings. The van der Waals surface area contributed by atoms with E-state index in [0.29, 0.717) is 6.42 Å². The van der Waals surface area contributed by atoms with Gasteiger partial charge in [-0.25, -0.2) is 4.57 Å². The van der Waals surface area contributed by atoms with Crippen LogP contribution in [-0.4, -0.2) is 49.3 Å². The van der Waals surface area contributed by atoms with Gasteiger partial charge < -0.3 is 20.1 Å². The highest BCUT2D eigenvalue weighted by Gasteiger charge is 2.26. The average molecular weight is 1100 g/mol. The van der Waals surface area contributed by atoms with Gasteiger partial charge in [0.05, 0.1) is 13.2 Å². The van der Waals surface area contributed by atoms with Gasteiger partial charge in [0, 0.05) is 19.4 Å². The summed E-state index contributed by atoms with van der Waals surface area (Å²) in [5.41, 5.74) is 5.40. The lowest BCUT2D eigenvalue weighted by atomic mass is 10.0. The van der Waals surface area contributed by atoms with Crippen LogP contribution in [0.15, 0.2) is 48.6 Å². The first-order chi connectivity index (χ1) is 37.8. The molecule has 0 aliphatic rings. The molecular formula is C67H126NO8P. The van der Waals surface area contributed by atoms with E-state index in [0.717, 1.165) is 51.4 Å². The number of phosphoric acid groups is 1. The zero-order chi connectivity index (χ0) is 55.9. The minimum absolute atomic E-state index is 0.0541. The fourth-order valence-corrected chi connectivity index (χ4v) is 10.5. The van der Waals surface area contributed by atoms with Crippen molar-refractivity contribution in [2.24, 2.45) is 5.73 Å². The molecule has 0 aromatic rings. The highest BCUT2D eigenvalue weighted by atomic mass is 31.2. The molecule has 2 unspecified atom stereocenters. The molecule has 0 bridgehead atoms. The summed E-state index contributed by atoms with van der Waals surface area (Å²) in [6.07, 6.45) is 79.0. The van der Waals surface area contributed by atoms with Gasteiger partial charge in [-0.05, 0) is 77.0 Å². The number of allylic oxidation sites excluding steroid dienone is 8. The first-order valence-electron chi connectivity index (χ1n) is 33.1. The Kier molecular flexibility index (Phi) is 61.5. The van der Waals surface area contributed by atoms with Crippen LogP contribution in [0.2, 0.25) is 0 Å². The van der Waals surface area contributed by atoms with Crippen LogP contribution >= 0.6 is 7.82 Å². The van der Waals surface area contributed by atoms with Crippen LogP contribution in [0.4, 0.5) is 0 Å². The van der Waals surface area contributed by atoms with Gasteiger partial charge >= 0.3 is 19.8 Å². The molecule has 0 heterocycles. The number of hydrogen-bond acceptors (Lipinski definition) is 8. The molecule has 0 aromatic carbocycles. The first kappa shape index (κ1) is 75.0. The van der Waals surface area contributed by atoms with Crippen molar-refractivity contribution in [1.29, 1.82) is 0 Å². The molecule has 10 heteroatoms. The van der Waals surface area contributed by atoms with Crippen molar-refractivity contribution in [2.75, 3.05) is 26.4 Å². The van der Waals surface area contributed by atoms with E-state index in [1.807, 2.05) is 0 Å². The summed E-state index contributed by atoms with van der Waals surface area (Å²) in [5.74, 6) is -0.813. The van der Waals surface area contributed by atoms with Crippen LogP contribution in [0.3, 0.4) is 0 Å². The molecule has 0 aliphatic carbocycles. The summed E-state index contributed by atoms with van der Waals surface area (Å²) in [6, 6.07) is 0. The smallest absolute Gasteiger partial charge is 0.462 e. The van der Waals surface area contributed by atoms with Crippen molar-refractivity contribution in [1.82, 2.24) is 0 Å². The van der Waals surface area contributed by atoms with Crippen molar-refractivity contribution < 1.29 is 37.6 Å². The molecule has 452 valence electrons. The van der Waals surface area contributed by atoms with Crippen molar-refractivity contribution in [3.63, 3.8) is 0 Å². The SMILES string of the molecule is CCCCCCC/C=C\C/C=C\C/C=C\CCCCCCCCCCCCCCCCC(=O)OC(COC(=O)CCCCCCCCCCCCCCCCC/C=C\CCCCCCCCCC)COP(=O)(O)OCCN. The predicted molar refractivity (Wildman–Crippen MR) is 330 cm³/mol. The zero-order valence-corrected chi connectivity index (χ0v) is 51.6. The topological polar surface area (TPSA) is 134 Å². The summed E-state index contributed by atoms with van der Waals surface area (Å²) in [7, 11) is -4.39. The molecule has 0 radical (unpaired) electrons. The molecule has 0 amide bonds. The summed E-state index contributed by atoms with van der Waals surface area (Å²) < 4.78 is 33.2. The van der Waals surface area contributed by atoms with Gasteiger partial charge in [-0.1, -0.05) is 294 Å². The van der Waals surface area contributed by atoms with Crippen LogP contribution in [0, 0.1) is 0 Å². The van der Waals surface area contributed by atoms with Crippen LogP contribution in [0.25, 0.3) is 0 Å². The van der Waals surface area contributed by atoms with Crippen LogP contribution in [0.1, 0.15) is 335 Å². The highest BCUT2D eigenvalue weighted by Crippen LogP contribution is 2.43. The second kappa shape index (κ2) is 63.2. The number of nitrogens with two attached hydrogens (primary N) is 1. The number of hydrogen-bond donors (Lipinski definition) is 2. The van der Waals surface area contributed by atoms with E-state index in [1.165, 1.54) is 250 Å². The minimum Gasteiger partial charge on any atom is -0.462 e. The van der Waals surface area contributed by atoms with Crippen LogP contribution in [-0.2, 0) is 32.7 Å². The molecule has 0 rings (SSSR count). The Hall–Kier alpha value is -2.03. The van der Waals surface area contributed by atoms with Crippen LogP contribution in [0.5, 0.6) is 0 Å².